The van der Waals surface area contributed by atoms with Gasteiger partial charge in [-0.25, -0.2) is 4.79 Å². The summed E-state index contributed by atoms with van der Waals surface area (Å²) < 4.78 is 10.7. The van der Waals surface area contributed by atoms with Crippen LogP contribution in [0.25, 0.3) is 0 Å². The smallest absolute Gasteiger partial charge is 0.330 e. The van der Waals surface area contributed by atoms with E-state index in [9.17, 15) is 4.79 Å². The summed E-state index contributed by atoms with van der Waals surface area (Å²) in [6.07, 6.45) is 4.09. The molecule has 0 saturated carbocycles. The maximum atomic E-state index is 11.7. The highest BCUT2D eigenvalue weighted by molar-refractivity contribution is 5.82. The average molecular weight is 240 g/mol. The van der Waals surface area contributed by atoms with Crippen molar-refractivity contribution in [2.75, 3.05) is 6.61 Å². The summed E-state index contributed by atoms with van der Waals surface area (Å²) in [5.41, 5.74) is -0.604. The van der Waals surface area contributed by atoms with E-state index in [-0.39, 0.29) is 17.0 Å². The molecule has 0 aliphatic carbocycles. The van der Waals surface area contributed by atoms with E-state index in [4.69, 9.17) is 9.47 Å². The quantitative estimate of drug-likeness (QED) is 0.430. The van der Waals surface area contributed by atoms with Crippen LogP contribution in [0.1, 0.15) is 48.0 Å². The lowest BCUT2D eigenvalue weighted by atomic mass is 9.79. The fraction of sp³-hybridized carbons (Fsp3) is 0.786. The van der Waals surface area contributed by atoms with Crippen molar-refractivity contribution in [3.63, 3.8) is 0 Å². The maximum Gasteiger partial charge on any atom is 0.330 e. The largest absolute Gasteiger partial charge is 0.456 e. The molecule has 0 N–H and O–H groups in total. The van der Waals surface area contributed by atoms with Gasteiger partial charge >= 0.3 is 5.97 Å². The highest BCUT2D eigenvalue weighted by atomic mass is 16.6. The topological polar surface area (TPSA) is 38.8 Å². The fourth-order valence-electron chi connectivity index (χ4n) is 1.08. The van der Waals surface area contributed by atoms with Gasteiger partial charge in [0.2, 0.25) is 0 Å². The predicted molar refractivity (Wildman–Crippen MR) is 67.7 cm³/mol. The van der Waals surface area contributed by atoms with Crippen LogP contribution >= 0.6 is 0 Å². The summed E-state index contributed by atoms with van der Waals surface area (Å²) in [6.45, 7) is 12.9. The van der Waals surface area contributed by atoms with Crippen LogP contribution in [0.3, 0.4) is 0 Å². The molecular formula is C14H24O3. The predicted octanol–water partition coefficient (Wildman–Crippen LogP) is 3.09. The van der Waals surface area contributed by atoms with Crippen molar-refractivity contribution in [3.8, 4) is 0 Å². The van der Waals surface area contributed by atoms with E-state index in [1.807, 2.05) is 26.8 Å². The first-order chi connectivity index (χ1) is 7.56. The molecule has 3 nitrogen and oxygen atoms in total. The Morgan fingerprint density at radius 2 is 1.88 bits per heavy atom. The molecular weight excluding hydrogens is 216 g/mol. The van der Waals surface area contributed by atoms with Gasteiger partial charge in [0, 0.05) is 11.5 Å². The molecule has 0 aromatic carbocycles. The Morgan fingerprint density at radius 3 is 2.29 bits per heavy atom. The summed E-state index contributed by atoms with van der Waals surface area (Å²) in [6, 6.07) is 0. The lowest BCUT2D eigenvalue weighted by molar-refractivity contribution is -0.160. The molecule has 1 aliphatic rings. The van der Waals surface area contributed by atoms with Crippen molar-refractivity contribution in [3.05, 3.63) is 12.2 Å². The van der Waals surface area contributed by atoms with Gasteiger partial charge in [0.15, 0.2) is 0 Å². The lowest BCUT2D eigenvalue weighted by Gasteiger charge is -2.37. The van der Waals surface area contributed by atoms with Gasteiger partial charge in [-0.3, -0.25) is 0 Å². The number of carbonyl (C=O) groups is 1. The van der Waals surface area contributed by atoms with Gasteiger partial charge < -0.3 is 9.47 Å². The number of esters is 1. The second kappa shape index (κ2) is 4.45. The SMILES string of the molecule is CC1(C/C=C/C(=O)OC(C)(C)C(C)(C)C)CO1. The van der Waals surface area contributed by atoms with Crippen molar-refractivity contribution < 1.29 is 14.3 Å². The first-order valence-electron chi connectivity index (χ1n) is 6.09. The minimum atomic E-state index is -0.478. The summed E-state index contributed by atoms with van der Waals surface area (Å²) in [5.74, 6) is -0.283. The van der Waals surface area contributed by atoms with E-state index in [0.717, 1.165) is 13.0 Å². The van der Waals surface area contributed by atoms with Crippen LogP contribution in [0.5, 0.6) is 0 Å². The summed E-state index contributed by atoms with van der Waals surface area (Å²) in [5, 5.41) is 0. The van der Waals surface area contributed by atoms with Crippen LogP contribution < -0.4 is 0 Å². The third-order valence-corrected chi connectivity index (χ3v) is 3.60. The van der Waals surface area contributed by atoms with Crippen LogP contribution in [-0.2, 0) is 14.3 Å². The first-order valence-corrected chi connectivity index (χ1v) is 6.09. The van der Waals surface area contributed by atoms with Crippen molar-refractivity contribution in [2.45, 2.75) is 59.2 Å². The Balaban J connectivity index is 2.43. The van der Waals surface area contributed by atoms with Crippen molar-refractivity contribution in [1.29, 1.82) is 0 Å². The Kier molecular flexibility index (Phi) is 3.72. The van der Waals surface area contributed by atoms with Gasteiger partial charge in [0.05, 0.1) is 12.2 Å². The van der Waals surface area contributed by atoms with Crippen LogP contribution in [0.2, 0.25) is 0 Å². The van der Waals surface area contributed by atoms with Crippen LogP contribution in [0.4, 0.5) is 0 Å². The maximum absolute atomic E-state index is 11.7. The van der Waals surface area contributed by atoms with E-state index >= 15 is 0 Å². The third-order valence-electron chi connectivity index (χ3n) is 3.60. The number of rotatable bonds is 4. The number of ether oxygens (including phenoxy) is 2. The first kappa shape index (κ1) is 14.2. The monoisotopic (exact) mass is 240 g/mol. The molecule has 98 valence electrons. The van der Waals surface area contributed by atoms with E-state index in [1.54, 1.807) is 0 Å². The second-order valence-corrected chi connectivity index (χ2v) is 6.53. The minimum Gasteiger partial charge on any atom is -0.456 e. The molecule has 0 radical (unpaired) electrons. The van der Waals surface area contributed by atoms with Gasteiger partial charge in [0.1, 0.15) is 5.60 Å². The average Bonchev–Trinajstić information content (AvgIpc) is 2.80. The molecule has 1 saturated heterocycles. The fourth-order valence-corrected chi connectivity index (χ4v) is 1.08. The molecule has 0 spiro atoms. The summed E-state index contributed by atoms with van der Waals surface area (Å²) in [4.78, 5) is 11.7. The van der Waals surface area contributed by atoms with Crippen molar-refractivity contribution >= 4 is 5.97 Å². The molecule has 3 heteroatoms. The Hall–Kier alpha value is -0.830. The molecule has 17 heavy (non-hydrogen) atoms. The van der Waals surface area contributed by atoms with E-state index in [2.05, 4.69) is 20.8 Å². The van der Waals surface area contributed by atoms with Crippen molar-refractivity contribution in [1.82, 2.24) is 0 Å². The molecule has 0 amide bonds. The Labute approximate surface area is 104 Å². The van der Waals surface area contributed by atoms with Crippen LogP contribution in [0.15, 0.2) is 12.2 Å². The van der Waals surface area contributed by atoms with Gasteiger partial charge in [0.25, 0.3) is 0 Å². The highest BCUT2D eigenvalue weighted by Crippen LogP contribution is 2.33. The number of epoxide rings is 1. The zero-order valence-corrected chi connectivity index (χ0v) is 11.8. The standard InChI is InChI=1S/C14H24O3/c1-12(2,3)13(4,5)17-11(15)8-7-9-14(6)10-16-14/h7-8H,9-10H2,1-6H3/b8-7+. The van der Waals surface area contributed by atoms with Gasteiger partial charge in [-0.2, -0.15) is 0 Å². The zero-order valence-electron chi connectivity index (χ0n) is 11.8. The third kappa shape index (κ3) is 4.15. The molecule has 1 unspecified atom stereocenters. The molecule has 0 aromatic rings. The second-order valence-electron chi connectivity index (χ2n) is 6.53. The van der Waals surface area contributed by atoms with E-state index < -0.39 is 5.60 Å². The molecule has 1 heterocycles. The normalized spacial score (nSPS) is 25.1. The molecule has 0 bridgehead atoms. The number of hydrogen-bond acceptors (Lipinski definition) is 3. The number of hydrogen-bond donors (Lipinski definition) is 0. The van der Waals surface area contributed by atoms with Gasteiger partial charge in [-0.05, 0) is 27.2 Å². The lowest BCUT2D eigenvalue weighted by Crippen LogP contribution is -2.40. The molecule has 1 atom stereocenters. The molecule has 0 aromatic heterocycles. The summed E-state index contributed by atoms with van der Waals surface area (Å²) >= 11 is 0. The van der Waals surface area contributed by atoms with Crippen LogP contribution in [-0.4, -0.2) is 23.8 Å². The highest BCUT2D eigenvalue weighted by Gasteiger charge is 2.38. The van der Waals surface area contributed by atoms with E-state index in [0.29, 0.717) is 0 Å². The molecule has 1 rings (SSSR count). The Morgan fingerprint density at radius 1 is 1.35 bits per heavy atom. The molecule has 1 aliphatic heterocycles. The van der Waals surface area contributed by atoms with Gasteiger partial charge in [-0.15, -0.1) is 0 Å². The molecule has 1 fully saturated rings. The van der Waals surface area contributed by atoms with E-state index in [1.165, 1.54) is 6.08 Å². The van der Waals surface area contributed by atoms with Crippen LogP contribution in [0, 0.1) is 5.41 Å². The Bertz CT molecular complexity index is 317. The summed E-state index contributed by atoms with van der Waals surface area (Å²) in [7, 11) is 0. The number of carbonyl (C=O) groups excluding carboxylic acids is 1. The zero-order chi connectivity index (χ0) is 13.3. The van der Waals surface area contributed by atoms with Gasteiger partial charge in [-0.1, -0.05) is 26.8 Å². The van der Waals surface area contributed by atoms with Crippen molar-refractivity contribution in [2.24, 2.45) is 5.41 Å². The minimum absolute atomic E-state index is 0.0453.